The topological polar surface area (TPSA) is 95.7 Å². The van der Waals surface area contributed by atoms with Gasteiger partial charge in [-0.3, -0.25) is 0 Å². The molecule has 1 rings (SSSR count). The Kier molecular flexibility index (Phi) is 4.61. The lowest BCUT2D eigenvalue weighted by Gasteiger charge is -2.04. The first-order valence-electron chi connectivity index (χ1n) is 4.40. The van der Waals surface area contributed by atoms with E-state index in [1.54, 1.807) is 0 Å². The molecule has 1 N–H and O–H groups in total. The van der Waals surface area contributed by atoms with Gasteiger partial charge < -0.3 is 0 Å². The van der Waals surface area contributed by atoms with Crippen molar-refractivity contribution in [3.63, 3.8) is 0 Å². The molecule has 0 aliphatic rings. The second-order valence-corrected chi connectivity index (χ2v) is 4.95. The minimum Gasteiger partial charge on any atom is -0.225 e. The summed E-state index contributed by atoms with van der Waals surface area (Å²) in [6.45, 7) is 0.207. The normalized spacial score (nSPS) is 11.0. The molecule has 0 radical (unpaired) electrons. The number of unbranched alkanes of at least 4 members (excludes halogenated alkanes) is 1. The Labute approximate surface area is 98.3 Å². The van der Waals surface area contributed by atoms with Crippen LogP contribution < -0.4 is 4.72 Å². The fourth-order valence-corrected chi connectivity index (χ4v) is 1.96. The summed E-state index contributed by atoms with van der Waals surface area (Å²) in [6, 6.07) is 1.92. The van der Waals surface area contributed by atoms with Crippen molar-refractivity contribution in [2.45, 2.75) is 17.7 Å². The predicted octanol–water partition coefficient (Wildman–Crippen LogP) is 0.712. The predicted molar refractivity (Wildman–Crippen MR) is 57.1 cm³/mol. The molecule has 1 aromatic rings. The van der Waals surface area contributed by atoms with E-state index in [0.717, 1.165) is 12.4 Å². The maximum absolute atomic E-state index is 11.6. The molecule has 0 aliphatic carbocycles. The Balaban J connectivity index is 2.64. The number of rotatable bonds is 5. The Morgan fingerprint density at radius 3 is 2.62 bits per heavy atom. The quantitative estimate of drug-likeness (QED) is 0.621. The average Bonchev–Trinajstić information content (AvgIpc) is 2.25. The van der Waals surface area contributed by atoms with Gasteiger partial charge >= 0.3 is 0 Å². The lowest BCUT2D eigenvalue weighted by molar-refractivity contribution is 0.578. The van der Waals surface area contributed by atoms with Crippen LogP contribution in [0.5, 0.6) is 0 Å². The highest BCUT2D eigenvalue weighted by molar-refractivity contribution is 7.89. The zero-order chi connectivity index (χ0) is 12.0. The summed E-state index contributed by atoms with van der Waals surface area (Å²) in [5.41, 5.74) is 0. The first kappa shape index (κ1) is 12.8. The standard InChI is InChI=1S/C8H9ClN4O2S/c9-8-11-5-7(6-12-8)16(14,15)13-4-2-1-3-10/h5-6,13H,1-2,4H2. The second-order valence-electron chi connectivity index (χ2n) is 2.85. The van der Waals surface area contributed by atoms with E-state index >= 15 is 0 Å². The van der Waals surface area contributed by atoms with E-state index in [0.29, 0.717) is 12.8 Å². The molecule has 0 aromatic carbocycles. The first-order valence-corrected chi connectivity index (χ1v) is 6.26. The van der Waals surface area contributed by atoms with Crippen LogP contribution in [-0.2, 0) is 10.0 Å². The molecule has 0 bridgehead atoms. The Morgan fingerprint density at radius 2 is 2.06 bits per heavy atom. The van der Waals surface area contributed by atoms with Crippen molar-refractivity contribution in [3.05, 3.63) is 17.7 Å². The van der Waals surface area contributed by atoms with Gasteiger partial charge in [0, 0.05) is 13.0 Å². The van der Waals surface area contributed by atoms with Crippen LogP contribution in [-0.4, -0.2) is 24.9 Å². The minimum absolute atomic E-state index is 0.0107. The van der Waals surface area contributed by atoms with Gasteiger partial charge in [-0.25, -0.2) is 23.1 Å². The van der Waals surface area contributed by atoms with E-state index in [-0.39, 0.29) is 16.7 Å². The second kappa shape index (κ2) is 5.75. The van der Waals surface area contributed by atoms with Crippen LogP contribution in [0.3, 0.4) is 0 Å². The fraction of sp³-hybridized carbons (Fsp3) is 0.375. The molecule has 0 fully saturated rings. The van der Waals surface area contributed by atoms with Crippen LogP contribution >= 0.6 is 11.6 Å². The highest BCUT2D eigenvalue weighted by atomic mass is 35.5. The van der Waals surface area contributed by atoms with Gasteiger partial charge in [-0.1, -0.05) is 0 Å². The molecule has 0 saturated carbocycles. The first-order chi connectivity index (χ1) is 7.56. The molecule has 0 spiro atoms. The van der Waals surface area contributed by atoms with E-state index in [1.807, 2.05) is 6.07 Å². The van der Waals surface area contributed by atoms with Crippen LogP contribution in [0.25, 0.3) is 0 Å². The molecule has 1 heterocycles. The van der Waals surface area contributed by atoms with Crippen LogP contribution in [0, 0.1) is 11.3 Å². The smallest absolute Gasteiger partial charge is 0.225 e. The van der Waals surface area contributed by atoms with Crippen molar-refractivity contribution in [1.82, 2.24) is 14.7 Å². The average molecular weight is 261 g/mol. The minimum atomic E-state index is -3.60. The maximum Gasteiger partial charge on any atom is 0.243 e. The summed E-state index contributed by atoms with van der Waals surface area (Å²) in [6.07, 6.45) is 3.02. The number of hydrogen-bond donors (Lipinski definition) is 1. The number of sulfonamides is 1. The Hall–Kier alpha value is -1.23. The summed E-state index contributed by atoms with van der Waals surface area (Å²) in [7, 11) is -3.60. The molecule has 0 unspecified atom stereocenters. The molecular weight excluding hydrogens is 252 g/mol. The summed E-state index contributed by atoms with van der Waals surface area (Å²) >= 11 is 5.43. The van der Waals surface area contributed by atoms with Crippen LogP contribution in [0.15, 0.2) is 17.3 Å². The highest BCUT2D eigenvalue weighted by Crippen LogP contribution is 2.07. The Bertz CT molecular complexity index is 480. The summed E-state index contributed by atoms with van der Waals surface area (Å²) in [5.74, 6) is 0. The largest absolute Gasteiger partial charge is 0.243 e. The van der Waals surface area contributed by atoms with E-state index in [4.69, 9.17) is 16.9 Å². The van der Waals surface area contributed by atoms with Gasteiger partial charge in [0.1, 0.15) is 4.90 Å². The molecule has 0 aliphatic heterocycles. The third kappa shape index (κ3) is 3.73. The maximum atomic E-state index is 11.6. The van der Waals surface area contributed by atoms with Crippen molar-refractivity contribution in [2.75, 3.05) is 6.54 Å². The van der Waals surface area contributed by atoms with E-state index in [9.17, 15) is 8.42 Å². The van der Waals surface area contributed by atoms with Crippen molar-refractivity contribution in [1.29, 1.82) is 5.26 Å². The molecule has 8 heteroatoms. The summed E-state index contributed by atoms with van der Waals surface area (Å²) in [4.78, 5) is 7.10. The lowest BCUT2D eigenvalue weighted by Crippen LogP contribution is -2.25. The Morgan fingerprint density at radius 1 is 1.44 bits per heavy atom. The molecule has 0 saturated heterocycles. The van der Waals surface area contributed by atoms with Gasteiger partial charge in [0.2, 0.25) is 15.3 Å². The number of halogens is 1. The zero-order valence-corrected chi connectivity index (χ0v) is 9.79. The number of nitrogens with zero attached hydrogens (tertiary/aromatic N) is 3. The third-order valence-electron chi connectivity index (χ3n) is 1.66. The molecule has 0 amide bonds. The summed E-state index contributed by atoms with van der Waals surface area (Å²) < 4.78 is 25.5. The van der Waals surface area contributed by atoms with Gasteiger partial charge in [-0.2, -0.15) is 5.26 Å². The molecule has 86 valence electrons. The van der Waals surface area contributed by atoms with Gasteiger partial charge in [0.25, 0.3) is 0 Å². The van der Waals surface area contributed by atoms with Crippen LogP contribution in [0.1, 0.15) is 12.8 Å². The molecule has 6 nitrogen and oxygen atoms in total. The van der Waals surface area contributed by atoms with Crippen molar-refractivity contribution >= 4 is 21.6 Å². The zero-order valence-electron chi connectivity index (χ0n) is 8.22. The van der Waals surface area contributed by atoms with Crippen LogP contribution in [0.4, 0.5) is 0 Å². The molecule has 1 aromatic heterocycles. The van der Waals surface area contributed by atoms with E-state index in [1.165, 1.54) is 0 Å². The van der Waals surface area contributed by atoms with Crippen molar-refractivity contribution in [3.8, 4) is 6.07 Å². The van der Waals surface area contributed by atoms with E-state index < -0.39 is 10.0 Å². The third-order valence-corrected chi connectivity index (χ3v) is 3.28. The van der Waals surface area contributed by atoms with Crippen molar-refractivity contribution < 1.29 is 8.42 Å². The number of hydrogen-bond acceptors (Lipinski definition) is 5. The van der Waals surface area contributed by atoms with Gasteiger partial charge in [-0.15, -0.1) is 0 Å². The summed E-state index contributed by atoms with van der Waals surface area (Å²) in [5, 5.41) is 8.27. The fourth-order valence-electron chi connectivity index (χ4n) is 0.897. The number of aromatic nitrogens is 2. The van der Waals surface area contributed by atoms with Crippen molar-refractivity contribution in [2.24, 2.45) is 0 Å². The molecule has 16 heavy (non-hydrogen) atoms. The SMILES string of the molecule is N#CCCCNS(=O)(=O)c1cnc(Cl)nc1. The lowest BCUT2D eigenvalue weighted by atomic mass is 10.3. The van der Waals surface area contributed by atoms with Crippen LogP contribution in [0.2, 0.25) is 5.28 Å². The molecular formula is C8H9ClN4O2S. The highest BCUT2D eigenvalue weighted by Gasteiger charge is 2.13. The van der Waals surface area contributed by atoms with Gasteiger partial charge in [0.05, 0.1) is 18.5 Å². The van der Waals surface area contributed by atoms with Gasteiger partial charge in [-0.05, 0) is 18.0 Å². The van der Waals surface area contributed by atoms with Gasteiger partial charge in [0.15, 0.2) is 0 Å². The number of nitrogens with one attached hydrogen (secondary N) is 1. The molecule has 0 atom stereocenters. The number of nitriles is 1. The monoisotopic (exact) mass is 260 g/mol. The van der Waals surface area contributed by atoms with E-state index in [2.05, 4.69) is 14.7 Å².